The number of carbonyl (C=O) groups is 1. The van der Waals surface area contributed by atoms with Gasteiger partial charge in [0.2, 0.25) is 0 Å². The highest BCUT2D eigenvalue weighted by Crippen LogP contribution is 2.32. The highest BCUT2D eigenvalue weighted by atomic mass is 79.9. The van der Waals surface area contributed by atoms with E-state index in [1.807, 2.05) is 24.3 Å². The average molecular weight is 398 g/mol. The third-order valence-corrected chi connectivity index (χ3v) is 4.15. The first kappa shape index (κ1) is 16.3. The maximum absolute atomic E-state index is 12.0. The highest BCUT2D eigenvalue weighted by molar-refractivity contribution is 9.10. The highest BCUT2D eigenvalue weighted by Gasteiger charge is 2.17. The second-order valence-electron chi connectivity index (χ2n) is 5.13. The normalized spacial score (nSPS) is 13.1. The molecule has 1 aliphatic heterocycles. The van der Waals surface area contributed by atoms with Gasteiger partial charge in [-0.25, -0.2) is 0 Å². The molecule has 0 aliphatic carbocycles. The van der Waals surface area contributed by atoms with E-state index in [9.17, 15) is 4.79 Å². The van der Waals surface area contributed by atoms with E-state index in [0.29, 0.717) is 17.4 Å². The molecule has 2 aromatic carbocycles. The third-order valence-electron chi connectivity index (χ3n) is 3.40. The van der Waals surface area contributed by atoms with Crippen LogP contribution in [0.1, 0.15) is 16.7 Å². The molecular weight excluding hydrogens is 384 g/mol. The number of halogens is 2. The number of esters is 1. The zero-order chi connectivity index (χ0) is 16.2. The number of hydrogen-bond donors (Lipinski definition) is 0. The summed E-state index contributed by atoms with van der Waals surface area (Å²) in [5, 5.41) is 0.566. The van der Waals surface area contributed by atoms with Crippen LogP contribution in [0.15, 0.2) is 40.9 Å². The second kappa shape index (κ2) is 7.34. The Kier molecular flexibility index (Phi) is 5.20. The number of rotatable bonds is 4. The minimum absolute atomic E-state index is 0.123. The Labute approximate surface area is 147 Å². The topological polar surface area (TPSA) is 44.8 Å². The van der Waals surface area contributed by atoms with Crippen LogP contribution in [0.5, 0.6) is 5.75 Å². The van der Waals surface area contributed by atoms with E-state index < -0.39 is 0 Å². The summed E-state index contributed by atoms with van der Waals surface area (Å²) in [5.41, 5.74) is 2.51. The fourth-order valence-electron chi connectivity index (χ4n) is 2.34. The van der Waals surface area contributed by atoms with Crippen LogP contribution >= 0.6 is 27.5 Å². The van der Waals surface area contributed by atoms with Gasteiger partial charge in [0.15, 0.2) is 6.79 Å². The lowest BCUT2D eigenvalue weighted by atomic mass is 10.1. The summed E-state index contributed by atoms with van der Waals surface area (Å²) in [6.45, 7) is 0.752. The number of fused-ring (bicyclic) bond motifs is 1. The zero-order valence-corrected chi connectivity index (χ0v) is 14.5. The Balaban J connectivity index is 1.65. The van der Waals surface area contributed by atoms with Crippen LogP contribution in [0.3, 0.4) is 0 Å². The summed E-state index contributed by atoms with van der Waals surface area (Å²) >= 11 is 9.45. The Bertz CT molecular complexity index is 715. The summed E-state index contributed by atoms with van der Waals surface area (Å²) in [5.74, 6) is 0.394. The molecule has 0 fully saturated rings. The Morgan fingerprint density at radius 1 is 1.26 bits per heavy atom. The van der Waals surface area contributed by atoms with Crippen molar-refractivity contribution in [2.24, 2.45) is 0 Å². The van der Waals surface area contributed by atoms with Gasteiger partial charge in [-0.3, -0.25) is 4.79 Å². The minimum atomic E-state index is -0.298. The van der Waals surface area contributed by atoms with Crippen LogP contribution in [0, 0.1) is 0 Å². The first-order valence-electron chi connectivity index (χ1n) is 7.04. The minimum Gasteiger partial charge on any atom is -0.467 e. The molecule has 0 N–H and O–H groups in total. The standard InChI is InChI=1S/C17H14BrClO4/c18-14-3-1-11(2-4-14)5-16(20)22-9-13-7-15(19)6-12-8-21-10-23-17(12)13/h1-4,6-7H,5,8-10H2. The third kappa shape index (κ3) is 4.25. The number of carbonyl (C=O) groups excluding carboxylic acids is 1. The van der Waals surface area contributed by atoms with Crippen LogP contribution in [0.25, 0.3) is 0 Å². The molecule has 0 bridgehead atoms. The molecule has 0 atom stereocenters. The van der Waals surface area contributed by atoms with Gasteiger partial charge < -0.3 is 14.2 Å². The average Bonchev–Trinajstić information content (AvgIpc) is 2.54. The Morgan fingerprint density at radius 2 is 2.04 bits per heavy atom. The largest absolute Gasteiger partial charge is 0.467 e. The fraction of sp³-hybridized carbons (Fsp3) is 0.235. The SMILES string of the molecule is O=C(Cc1ccc(Br)cc1)OCc1cc(Cl)cc2c1OCOC2. The summed E-state index contributed by atoms with van der Waals surface area (Å²) < 4.78 is 17.0. The van der Waals surface area contributed by atoms with Crippen LogP contribution in [0.2, 0.25) is 5.02 Å². The lowest BCUT2D eigenvalue weighted by molar-refractivity contribution is -0.144. The van der Waals surface area contributed by atoms with Crippen LogP contribution < -0.4 is 4.74 Å². The van der Waals surface area contributed by atoms with Crippen molar-refractivity contribution < 1.29 is 19.0 Å². The zero-order valence-electron chi connectivity index (χ0n) is 12.2. The van der Waals surface area contributed by atoms with E-state index >= 15 is 0 Å². The molecular formula is C17H14BrClO4. The van der Waals surface area contributed by atoms with E-state index in [4.69, 9.17) is 25.8 Å². The van der Waals surface area contributed by atoms with Gasteiger partial charge in [0.05, 0.1) is 13.0 Å². The summed E-state index contributed by atoms with van der Waals surface area (Å²) in [7, 11) is 0. The molecule has 0 saturated carbocycles. The molecule has 6 heteroatoms. The molecule has 120 valence electrons. The second-order valence-corrected chi connectivity index (χ2v) is 6.48. The lowest BCUT2D eigenvalue weighted by Gasteiger charge is -2.21. The smallest absolute Gasteiger partial charge is 0.310 e. The molecule has 0 unspecified atom stereocenters. The molecule has 0 radical (unpaired) electrons. The van der Waals surface area contributed by atoms with Gasteiger partial charge in [0.1, 0.15) is 12.4 Å². The van der Waals surface area contributed by atoms with Gasteiger partial charge in [-0.15, -0.1) is 0 Å². The van der Waals surface area contributed by atoms with E-state index in [1.165, 1.54) is 0 Å². The first-order valence-corrected chi connectivity index (χ1v) is 8.21. The monoisotopic (exact) mass is 396 g/mol. The van der Waals surface area contributed by atoms with Crippen molar-refractivity contribution in [1.82, 2.24) is 0 Å². The lowest BCUT2D eigenvalue weighted by Crippen LogP contribution is -2.14. The van der Waals surface area contributed by atoms with Crippen molar-refractivity contribution in [2.75, 3.05) is 6.79 Å². The van der Waals surface area contributed by atoms with Crippen LogP contribution in [0.4, 0.5) is 0 Å². The maximum atomic E-state index is 12.0. The van der Waals surface area contributed by atoms with Gasteiger partial charge >= 0.3 is 5.97 Å². The molecule has 2 aromatic rings. The van der Waals surface area contributed by atoms with E-state index in [2.05, 4.69) is 15.9 Å². The van der Waals surface area contributed by atoms with E-state index in [0.717, 1.165) is 21.2 Å². The van der Waals surface area contributed by atoms with Gasteiger partial charge in [-0.1, -0.05) is 39.7 Å². The molecule has 0 saturated heterocycles. The predicted molar refractivity (Wildman–Crippen MR) is 89.4 cm³/mol. The number of benzene rings is 2. The maximum Gasteiger partial charge on any atom is 0.310 e. The van der Waals surface area contributed by atoms with E-state index in [-0.39, 0.29) is 25.8 Å². The van der Waals surface area contributed by atoms with Crippen molar-refractivity contribution in [2.45, 2.75) is 19.6 Å². The first-order chi connectivity index (χ1) is 11.1. The Morgan fingerprint density at radius 3 is 2.83 bits per heavy atom. The van der Waals surface area contributed by atoms with Crippen molar-refractivity contribution in [3.63, 3.8) is 0 Å². The van der Waals surface area contributed by atoms with Gasteiger partial charge in [0, 0.05) is 20.6 Å². The van der Waals surface area contributed by atoms with Crippen molar-refractivity contribution >= 4 is 33.5 Å². The van der Waals surface area contributed by atoms with Crippen molar-refractivity contribution in [3.8, 4) is 5.75 Å². The van der Waals surface area contributed by atoms with Crippen LogP contribution in [-0.4, -0.2) is 12.8 Å². The van der Waals surface area contributed by atoms with Crippen molar-refractivity contribution in [3.05, 3.63) is 62.6 Å². The van der Waals surface area contributed by atoms with Crippen LogP contribution in [-0.2, 0) is 33.9 Å². The van der Waals surface area contributed by atoms with Gasteiger partial charge in [-0.2, -0.15) is 0 Å². The fourth-order valence-corrected chi connectivity index (χ4v) is 2.87. The van der Waals surface area contributed by atoms with Gasteiger partial charge in [0.25, 0.3) is 0 Å². The molecule has 1 aliphatic rings. The predicted octanol–water partition coefficient (Wildman–Crippen LogP) is 4.25. The van der Waals surface area contributed by atoms with Crippen molar-refractivity contribution in [1.29, 1.82) is 0 Å². The summed E-state index contributed by atoms with van der Waals surface area (Å²) in [6, 6.07) is 11.1. The van der Waals surface area contributed by atoms with E-state index in [1.54, 1.807) is 12.1 Å². The van der Waals surface area contributed by atoms with Gasteiger partial charge in [-0.05, 0) is 29.8 Å². The molecule has 4 nitrogen and oxygen atoms in total. The quantitative estimate of drug-likeness (QED) is 0.723. The summed E-state index contributed by atoms with van der Waals surface area (Å²) in [4.78, 5) is 12.0. The molecule has 1 heterocycles. The molecule has 0 amide bonds. The molecule has 3 rings (SSSR count). The number of hydrogen-bond acceptors (Lipinski definition) is 4. The number of ether oxygens (including phenoxy) is 3. The molecule has 0 spiro atoms. The molecule has 23 heavy (non-hydrogen) atoms. The summed E-state index contributed by atoms with van der Waals surface area (Å²) in [6.07, 6.45) is 0.222. The molecule has 0 aromatic heterocycles. The Hall–Kier alpha value is -1.56.